The molecule has 0 aliphatic carbocycles. The summed E-state index contributed by atoms with van der Waals surface area (Å²) in [5.41, 5.74) is 1.07. The number of amides is 1. The van der Waals surface area contributed by atoms with Gasteiger partial charge in [-0.1, -0.05) is 42.3 Å². The summed E-state index contributed by atoms with van der Waals surface area (Å²) in [5.74, 6) is 0.734. The topological polar surface area (TPSA) is 87.6 Å². The van der Waals surface area contributed by atoms with E-state index in [-0.39, 0.29) is 36.4 Å². The van der Waals surface area contributed by atoms with Crippen LogP contribution in [0.4, 0.5) is 19.0 Å². The second kappa shape index (κ2) is 13.5. The van der Waals surface area contributed by atoms with Crippen molar-refractivity contribution in [1.29, 1.82) is 0 Å². The van der Waals surface area contributed by atoms with E-state index in [9.17, 15) is 9.18 Å². The number of benzene rings is 2. The van der Waals surface area contributed by atoms with Crippen molar-refractivity contribution in [3.8, 4) is 29.6 Å². The molecule has 3 aromatic heterocycles. The molecule has 1 amide bonds. The number of halogens is 3. The van der Waals surface area contributed by atoms with E-state index in [2.05, 4.69) is 25.8 Å². The molecular weight excluding hydrogens is 667 g/mol. The van der Waals surface area contributed by atoms with Crippen LogP contribution in [-0.4, -0.2) is 93.2 Å². The minimum Gasteiger partial charge on any atom is -0.461 e. The molecule has 0 bridgehead atoms. The first-order chi connectivity index (χ1) is 25.2. The van der Waals surface area contributed by atoms with Gasteiger partial charge in [-0.2, -0.15) is 9.97 Å². The molecule has 12 heteroatoms. The fraction of sp³-hybridized carbons (Fsp3) is 0.325. The van der Waals surface area contributed by atoms with Gasteiger partial charge in [-0.15, -0.1) is 6.42 Å². The second-order valence-corrected chi connectivity index (χ2v) is 13.8. The van der Waals surface area contributed by atoms with Gasteiger partial charge in [0.1, 0.15) is 29.8 Å². The highest BCUT2D eigenvalue weighted by Gasteiger charge is 2.49. The molecule has 0 N–H and O–H groups in total. The Morgan fingerprint density at radius 1 is 1.12 bits per heavy atom. The minimum absolute atomic E-state index is 0.00196. The third kappa shape index (κ3) is 5.98. The number of carbonyl (C=O) groups is 1. The maximum Gasteiger partial charge on any atom is 0.319 e. The van der Waals surface area contributed by atoms with Crippen molar-refractivity contribution in [3.63, 3.8) is 0 Å². The largest absolute Gasteiger partial charge is 0.461 e. The average Bonchev–Trinajstić information content (AvgIpc) is 3.88. The van der Waals surface area contributed by atoms with Crippen LogP contribution in [0.1, 0.15) is 36.9 Å². The van der Waals surface area contributed by atoms with Crippen LogP contribution >= 0.6 is 0 Å². The Balaban J connectivity index is 1.16. The molecule has 3 fully saturated rings. The summed E-state index contributed by atoms with van der Waals surface area (Å²) in [5, 5.41) is 1.88. The van der Waals surface area contributed by atoms with Crippen LogP contribution in [0.3, 0.4) is 0 Å². The smallest absolute Gasteiger partial charge is 0.319 e. The number of pyridine rings is 2. The third-order valence-electron chi connectivity index (χ3n) is 10.7. The van der Waals surface area contributed by atoms with Crippen LogP contribution in [-0.2, 0) is 4.79 Å². The monoisotopic (exact) mass is 703 g/mol. The van der Waals surface area contributed by atoms with E-state index >= 15 is 8.78 Å². The predicted octanol–water partition coefficient (Wildman–Crippen LogP) is 6.36. The van der Waals surface area contributed by atoms with E-state index in [1.165, 1.54) is 17.3 Å². The number of carbonyl (C=O) groups excluding carboxylic acids is 1. The summed E-state index contributed by atoms with van der Waals surface area (Å²) in [6.07, 6.45) is 11.7. The van der Waals surface area contributed by atoms with E-state index in [1.54, 1.807) is 37.4 Å². The highest BCUT2D eigenvalue weighted by Crippen LogP contribution is 2.41. The van der Waals surface area contributed by atoms with Gasteiger partial charge in [-0.3, -0.25) is 19.7 Å². The number of hydrogen-bond donors (Lipinski definition) is 0. The number of ether oxygens (including phenoxy) is 1. The molecule has 5 aromatic rings. The molecule has 264 valence electrons. The van der Waals surface area contributed by atoms with Gasteiger partial charge in [0.05, 0.1) is 16.6 Å². The Bertz CT molecular complexity index is 2260. The van der Waals surface area contributed by atoms with Crippen LogP contribution in [0.5, 0.6) is 6.01 Å². The van der Waals surface area contributed by atoms with E-state index in [4.69, 9.17) is 16.1 Å². The lowest BCUT2D eigenvalue weighted by atomic mass is 9.95. The van der Waals surface area contributed by atoms with Crippen LogP contribution in [0.2, 0.25) is 0 Å². The van der Waals surface area contributed by atoms with Gasteiger partial charge in [0, 0.05) is 74.1 Å². The molecule has 8 rings (SSSR count). The van der Waals surface area contributed by atoms with Crippen molar-refractivity contribution in [2.24, 2.45) is 0 Å². The number of rotatable bonds is 8. The number of likely N-dealkylation sites (N-methyl/N-ethyl adjacent to an activating group) is 1. The zero-order valence-corrected chi connectivity index (χ0v) is 28.6. The second-order valence-electron chi connectivity index (χ2n) is 13.8. The molecule has 3 aliphatic rings. The van der Waals surface area contributed by atoms with E-state index < -0.39 is 29.3 Å². The van der Waals surface area contributed by atoms with Crippen molar-refractivity contribution >= 4 is 39.5 Å². The van der Waals surface area contributed by atoms with Crippen molar-refractivity contribution in [1.82, 2.24) is 29.7 Å². The normalized spacial score (nSPS) is 21.8. The zero-order chi connectivity index (χ0) is 36.0. The molecule has 0 radical (unpaired) electrons. The summed E-state index contributed by atoms with van der Waals surface area (Å²) in [4.78, 5) is 36.5. The van der Waals surface area contributed by atoms with Gasteiger partial charge in [0.25, 0.3) is 5.91 Å². The zero-order valence-electron chi connectivity index (χ0n) is 28.6. The number of likely N-dealkylation sites (tertiary alicyclic amines) is 1. The van der Waals surface area contributed by atoms with E-state index in [0.717, 1.165) is 30.8 Å². The lowest BCUT2D eigenvalue weighted by Gasteiger charge is -2.31. The fourth-order valence-electron chi connectivity index (χ4n) is 8.07. The van der Waals surface area contributed by atoms with Gasteiger partial charge >= 0.3 is 6.01 Å². The molecule has 2 aromatic carbocycles. The number of aromatic nitrogens is 4. The number of nitrogens with zero attached hydrogens (tertiary/aromatic N) is 7. The first-order valence-electron chi connectivity index (χ1n) is 17.4. The lowest BCUT2D eigenvalue weighted by Crippen LogP contribution is -2.43. The van der Waals surface area contributed by atoms with Gasteiger partial charge in [-0.25, -0.2) is 13.2 Å². The highest BCUT2D eigenvalue weighted by atomic mass is 19.1. The SMILES string of the molecule is C#Cc1cccc2cccc(-c3ncc4c(N(C)C5CCN(C(=O)/C(F)=C/c6ccccn6)C5)nc(OC[C@@]56CCCN5CC(F)C6)nc4c3F)c12. The molecule has 3 atom stereocenters. The Kier molecular flexibility index (Phi) is 8.75. The number of fused-ring (bicyclic) bond motifs is 3. The highest BCUT2D eigenvalue weighted by molar-refractivity contribution is 6.02. The van der Waals surface area contributed by atoms with Crippen molar-refractivity contribution < 1.29 is 22.7 Å². The summed E-state index contributed by atoms with van der Waals surface area (Å²) in [6.45, 7) is 1.82. The lowest BCUT2D eigenvalue weighted by molar-refractivity contribution is -0.127. The fourth-order valence-corrected chi connectivity index (χ4v) is 8.07. The third-order valence-corrected chi connectivity index (χ3v) is 10.7. The maximum atomic E-state index is 16.9. The van der Waals surface area contributed by atoms with Gasteiger partial charge in [-0.05, 0) is 49.4 Å². The molecule has 0 spiro atoms. The number of terminal acetylenes is 1. The van der Waals surface area contributed by atoms with Gasteiger partial charge in [0.2, 0.25) is 0 Å². The van der Waals surface area contributed by atoms with Crippen LogP contribution < -0.4 is 9.64 Å². The summed E-state index contributed by atoms with van der Waals surface area (Å²) in [7, 11) is 1.79. The van der Waals surface area contributed by atoms with Gasteiger partial charge < -0.3 is 14.5 Å². The minimum atomic E-state index is -0.945. The Morgan fingerprint density at radius 3 is 2.77 bits per heavy atom. The average molecular weight is 704 g/mol. The Morgan fingerprint density at radius 2 is 1.96 bits per heavy atom. The Hall–Kier alpha value is -5.54. The summed E-state index contributed by atoms with van der Waals surface area (Å²) < 4.78 is 52.8. The predicted molar refractivity (Wildman–Crippen MR) is 193 cm³/mol. The molecular formula is C40H36F3N7O2. The van der Waals surface area contributed by atoms with Crippen molar-refractivity contribution in [2.75, 3.05) is 44.7 Å². The maximum absolute atomic E-state index is 16.9. The number of hydrogen-bond acceptors (Lipinski definition) is 8. The first kappa shape index (κ1) is 33.6. The van der Waals surface area contributed by atoms with E-state index in [1.807, 2.05) is 29.2 Å². The molecule has 9 nitrogen and oxygen atoms in total. The summed E-state index contributed by atoms with van der Waals surface area (Å²) in [6, 6.07) is 15.8. The number of alkyl halides is 1. The quantitative estimate of drug-likeness (QED) is 0.136. The van der Waals surface area contributed by atoms with E-state index in [0.29, 0.717) is 59.3 Å². The number of anilines is 1. The van der Waals surface area contributed by atoms with Crippen molar-refractivity contribution in [2.45, 2.75) is 43.4 Å². The van der Waals surface area contributed by atoms with Crippen LogP contribution in [0.25, 0.3) is 39.0 Å². The Labute approximate surface area is 299 Å². The van der Waals surface area contributed by atoms with Gasteiger partial charge in [0.15, 0.2) is 11.6 Å². The molecule has 3 aliphatic heterocycles. The first-order valence-corrected chi connectivity index (χ1v) is 17.4. The molecule has 52 heavy (non-hydrogen) atoms. The summed E-state index contributed by atoms with van der Waals surface area (Å²) >= 11 is 0. The molecule has 6 heterocycles. The molecule has 3 saturated heterocycles. The molecule has 0 saturated carbocycles. The van der Waals surface area contributed by atoms with Crippen molar-refractivity contribution in [3.05, 3.63) is 89.9 Å². The van der Waals surface area contributed by atoms with Crippen LogP contribution in [0.15, 0.2) is 72.8 Å². The molecule has 2 unspecified atom stereocenters. The van der Waals surface area contributed by atoms with Crippen LogP contribution in [0, 0.1) is 18.2 Å². The standard InChI is InChI=1S/C40H36F3N7O2/c1-3-25-9-6-10-26-11-7-13-30(33(25)26)35-34(43)36-31(21-45-35)37(47-39(46-36)52-24-40-15-8-17-50(40)22-27(41)20-40)48(2)29-14-18-49(23-29)38(51)32(42)19-28-12-4-5-16-44-28/h1,4-7,9-13,16,19,21,27,29H,8,14-15,17-18,20,22-24H2,2H3/b32-19-/t27?,29?,40-/m0/s1.